The van der Waals surface area contributed by atoms with Gasteiger partial charge in [0.05, 0.1) is 7.11 Å². The molecule has 1 saturated heterocycles. The fraction of sp³-hybridized carbons (Fsp3) is 0.520. The molecule has 2 N–H and O–H groups in total. The monoisotopic (exact) mass is 483 g/mol. The van der Waals surface area contributed by atoms with Gasteiger partial charge in [0.25, 0.3) is 5.56 Å². The first kappa shape index (κ1) is 24.9. The molecule has 0 spiro atoms. The van der Waals surface area contributed by atoms with E-state index in [2.05, 4.69) is 29.7 Å². The van der Waals surface area contributed by atoms with Gasteiger partial charge in [-0.2, -0.15) is 0 Å². The summed E-state index contributed by atoms with van der Waals surface area (Å²) in [5.74, 6) is 0.133. The van der Waals surface area contributed by atoms with Gasteiger partial charge in [0.2, 0.25) is 5.91 Å². The zero-order valence-electron chi connectivity index (χ0n) is 20.5. The van der Waals surface area contributed by atoms with Gasteiger partial charge in [0.15, 0.2) is 0 Å². The van der Waals surface area contributed by atoms with Gasteiger partial charge in [-0.1, -0.05) is 19.9 Å². The Hall–Kier alpha value is -3.24. The molecular weight excluding hydrogens is 450 g/mol. The summed E-state index contributed by atoms with van der Waals surface area (Å²) in [6.45, 7) is 5.55. The molecule has 0 aromatic carbocycles. The van der Waals surface area contributed by atoms with Gasteiger partial charge < -0.3 is 18.9 Å². The van der Waals surface area contributed by atoms with E-state index in [-0.39, 0.29) is 41.5 Å². The number of hydrazine groups is 1. The summed E-state index contributed by atoms with van der Waals surface area (Å²) < 4.78 is 12.5. The van der Waals surface area contributed by atoms with Crippen LogP contribution in [-0.2, 0) is 29.1 Å². The highest BCUT2D eigenvalue weighted by atomic mass is 16.5. The number of carbonyl (C=O) groups excluding carboxylic acids is 2. The van der Waals surface area contributed by atoms with Gasteiger partial charge >= 0.3 is 5.97 Å². The second kappa shape index (κ2) is 11.0. The Morgan fingerprint density at radius 2 is 2.06 bits per heavy atom. The van der Waals surface area contributed by atoms with Crippen LogP contribution in [0.3, 0.4) is 0 Å². The lowest BCUT2D eigenvalue weighted by molar-refractivity contribution is -0.133. The molecule has 2 aliphatic rings. The minimum Gasteiger partial charge on any atom is -0.488 e. The van der Waals surface area contributed by atoms with Gasteiger partial charge in [-0.25, -0.2) is 10.2 Å². The van der Waals surface area contributed by atoms with Crippen molar-refractivity contribution in [3.63, 3.8) is 0 Å². The SMILES string of the molecule is COC(=O)c1c(OCc2cccnc2)cc(=O)n2c1CCN(C(=O)C1CC(CC(C)C)NN1)CC2. The Kier molecular flexibility index (Phi) is 7.82. The summed E-state index contributed by atoms with van der Waals surface area (Å²) in [5, 5.41) is 0. The molecule has 0 aliphatic carbocycles. The number of hydrogen-bond donors (Lipinski definition) is 2. The van der Waals surface area contributed by atoms with Gasteiger partial charge in [0, 0.05) is 61.8 Å². The number of ether oxygens (including phenoxy) is 2. The van der Waals surface area contributed by atoms with Crippen LogP contribution < -0.4 is 21.1 Å². The lowest BCUT2D eigenvalue weighted by Gasteiger charge is -2.23. The van der Waals surface area contributed by atoms with Crippen LogP contribution in [0.25, 0.3) is 0 Å². The fourth-order valence-corrected chi connectivity index (χ4v) is 4.78. The molecule has 188 valence electrons. The van der Waals surface area contributed by atoms with E-state index in [9.17, 15) is 14.4 Å². The van der Waals surface area contributed by atoms with Crippen LogP contribution in [0.2, 0.25) is 0 Å². The Morgan fingerprint density at radius 3 is 2.77 bits per heavy atom. The summed E-state index contributed by atoms with van der Waals surface area (Å²) >= 11 is 0. The first-order valence-corrected chi connectivity index (χ1v) is 12.0. The molecule has 1 amide bonds. The maximum Gasteiger partial charge on any atom is 0.343 e. The summed E-state index contributed by atoms with van der Waals surface area (Å²) in [7, 11) is 1.30. The minimum atomic E-state index is -0.576. The number of methoxy groups -OCH3 is 1. The molecular formula is C25H33N5O5. The average Bonchev–Trinajstić information content (AvgIpc) is 3.19. The molecule has 4 rings (SSSR count). The smallest absolute Gasteiger partial charge is 0.343 e. The van der Waals surface area contributed by atoms with Crippen molar-refractivity contribution in [2.45, 2.75) is 58.3 Å². The van der Waals surface area contributed by atoms with E-state index in [0.717, 1.165) is 18.4 Å². The number of pyridine rings is 2. The fourth-order valence-electron chi connectivity index (χ4n) is 4.78. The quantitative estimate of drug-likeness (QED) is 0.566. The van der Waals surface area contributed by atoms with Gasteiger partial charge in [-0.05, 0) is 24.8 Å². The zero-order chi connectivity index (χ0) is 24.9. The van der Waals surface area contributed by atoms with Gasteiger partial charge in [-0.15, -0.1) is 0 Å². The van der Waals surface area contributed by atoms with Crippen molar-refractivity contribution in [2.75, 3.05) is 20.2 Å². The molecule has 10 nitrogen and oxygen atoms in total. The Balaban J connectivity index is 1.53. The lowest BCUT2D eigenvalue weighted by atomic mass is 9.99. The summed E-state index contributed by atoms with van der Waals surface area (Å²) in [6.07, 6.45) is 5.37. The Labute approximate surface area is 204 Å². The van der Waals surface area contributed by atoms with Crippen molar-refractivity contribution in [3.05, 3.63) is 57.8 Å². The predicted molar refractivity (Wildman–Crippen MR) is 129 cm³/mol. The maximum atomic E-state index is 13.2. The number of rotatable bonds is 7. The third kappa shape index (κ3) is 5.71. The molecule has 10 heteroatoms. The number of esters is 1. The number of nitrogens with one attached hydrogen (secondary N) is 2. The number of amides is 1. The average molecular weight is 484 g/mol. The van der Waals surface area contributed by atoms with Crippen LogP contribution in [0.15, 0.2) is 35.4 Å². The predicted octanol–water partition coefficient (Wildman–Crippen LogP) is 1.27. The summed E-state index contributed by atoms with van der Waals surface area (Å²) in [5.41, 5.74) is 7.65. The van der Waals surface area contributed by atoms with Crippen LogP contribution >= 0.6 is 0 Å². The standard InChI is InChI=1S/C25H33N5O5/c1-16(2)11-18-12-19(28-27-18)24(32)29-8-6-20-23(25(33)34-3)21(13-22(31)30(20)10-9-29)35-15-17-5-4-7-26-14-17/h4-5,7,13-14,16,18-19,27-28H,6,8-12,15H2,1-3H3. The highest BCUT2D eigenvalue weighted by Crippen LogP contribution is 2.25. The normalized spacial score (nSPS) is 19.8. The highest BCUT2D eigenvalue weighted by molar-refractivity contribution is 5.93. The second-order valence-corrected chi connectivity index (χ2v) is 9.44. The molecule has 35 heavy (non-hydrogen) atoms. The van der Waals surface area contributed by atoms with Crippen molar-refractivity contribution < 1.29 is 19.1 Å². The number of fused-ring (bicyclic) bond motifs is 1. The van der Waals surface area contributed by atoms with Crippen LogP contribution in [0.4, 0.5) is 0 Å². The molecule has 1 fully saturated rings. The van der Waals surface area contributed by atoms with Crippen molar-refractivity contribution in [1.82, 2.24) is 25.3 Å². The van der Waals surface area contributed by atoms with E-state index in [1.54, 1.807) is 27.9 Å². The molecule has 2 atom stereocenters. The van der Waals surface area contributed by atoms with Gasteiger partial charge in [-0.3, -0.25) is 20.0 Å². The second-order valence-electron chi connectivity index (χ2n) is 9.44. The van der Waals surface area contributed by atoms with E-state index < -0.39 is 5.97 Å². The summed E-state index contributed by atoms with van der Waals surface area (Å²) in [6, 6.07) is 4.90. The largest absolute Gasteiger partial charge is 0.488 e. The van der Waals surface area contributed by atoms with Gasteiger partial charge in [0.1, 0.15) is 24.0 Å². The summed E-state index contributed by atoms with van der Waals surface area (Å²) in [4.78, 5) is 44.8. The van der Waals surface area contributed by atoms with Crippen molar-refractivity contribution in [3.8, 4) is 5.75 Å². The van der Waals surface area contributed by atoms with Crippen molar-refractivity contribution in [1.29, 1.82) is 0 Å². The van der Waals surface area contributed by atoms with Crippen LogP contribution in [0.5, 0.6) is 5.75 Å². The number of carbonyl (C=O) groups is 2. The molecule has 2 aromatic rings. The molecule has 2 unspecified atom stereocenters. The molecule has 2 aromatic heterocycles. The van der Waals surface area contributed by atoms with Crippen molar-refractivity contribution in [2.24, 2.45) is 5.92 Å². The first-order valence-electron chi connectivity index (χ1n) is 12.0. The lowest BCUT2D eigenvalue weighted by Crippen LogP contribution is -2.46. The Bertz CT molecular complexity index is 1120. The minimum absolute atomic E-state index is 0.00252. The van der Waals surface area contributed by atoms with E-state index >= 15 is 0 Å². The number of hydrogen-bond acceptors (Lipinski definition) is 8. The number of nitrogens with zero attached hydrogens (tertiary/aromatic N) is 3. The zero-order valence-corrected chi connectivity index (χ0v) is 20.5. The van der Waals surface area contributed by atoms with Crippen LogP contribution in [-0.4, -0.2) is 58.6 Å². The van der Waals surface area contributed by atoms with Crippen LogP contribution in [0.1, 0.15) is 48.3 Å². The molecule has 0 saturated carbocycles. The van der Waals surface area contributed by atoms with E-state index in [4.69, 9.17) is 9.47 Å². The van der Waals surface area contributed by atoms with E-state index in [0.29, 0.717) is 37.7 Å². The number of aromatic nitrogens is 2. The van der Waals surface area contributed by atoms with Crippen molar-refractivity contribution >= 4 is 11.9 Å². The molecule has 2 aliphatic heterocycles. The Morgan fingerprint density at radius 1 is 1.23 bits per heavy atom. The molecule has 4 heterocycles. The third-order valence-electron chi connectivity index (χ3n) is 6.45. The van der Waals surface area contributed by atoms with E-state index in [1.165, 1.54) is 13.2 Å². The van der Waals surface area contributed by atoms with Crippen LogP contribution in [0, 0.1) is 5.92 Å². The topological polar surface area (TPSA) is 115 Å². The molecule has 0 bridgehead atoms. The first-order chi connectivity index (χ1) is 16.9. The highest BCUT2D eigenvalue weighted by Gasteiger charge is 2.34. The molecule has 0 radical (unpaired) electrons. The van der Waals surface area contributed by atoms with E-state index in [1.807, 2.05) is 6.07 Å². The maximum absolute atomic E-state index is 13.2. The third-order valence-corrected chi connectivity index (χ3v) is 6.45.